The molecule has 1 aliphatic rings. The number of carbonyl (C=O) groups is 1. The van der Waals surface area contributed by atoms with Gasteiger partial charge in [-0.05, 0) is 25.5 Å². The van der Waals surface area contributed by atoms with Crippen LogP contribution in [0.1, 0.15) is 40.2 Å². The highest BCUT2D eigenvalue weighted by molar-refractivity contribution is 7.20. The fourth-order valence-electron chi connectivity index (χ4n) is 3.32. The molecule has 0 bridgehead atoms. The van der Waals surface area contributed by atoms with E-state index in [4.69, 9.17) is 4.74 Å². The lowest BCUT2D eigenvalue weighted by atomic mass is 10.0. The highest BCUT2D eigenvalue weighted by Crippen LogP contribution is 2.33. The van der Waals surface area contributed by atoms with Crippen LogP contribution in [0.25, 0.3) is 10.2 Å². The average Bonchev–Trinajstić information content (AvgIpc) is 3.00. The quantitative estimate of drug-likeness (QED) is 0.770. The molecule has 134 valence electrons. The van der Waals surface area contributed by atoms with E-state index in [9.17, 15) is 9.59 Å². The zero-order valence-corrected chi connectivity index (χ0v) is 15.4. The lowest BCUT2D eigenvalue weighted by molar-refractivity contribution is 0.0928. The van der Waals surface area contributed by atoms with Crippen molar-refractivity contribution in [1.29, 1.82) is 0 Å². The molecule has 0 aliphatic carbocycles. The molecule has 0 radical (unpaired) electrons. The molecule has 0 saturated heterocycles. The van der Waals surface area contributed by atoms with Gasteiger partial charge in [-0.3, -0.25) is 14.2 Å². The molecule has 4 rings (SSSR count). The summed E-state index contributed by atoms with van der Waals surface area (Å²) in [7, 11) is 0. The monoisotopic (exact) mass is 369 g/mol. The molecule has 1 amide bonds. The molecule has 6 nitrogen and oxygen atoms in total. The first-order valence-electron chi connectivity index (χ1n) is 8.61. The second-order valence-electron chi connectivity index (χ2n) is 6.27. The van der Waals surface area contributed by atoms with Crippen LogP contribution < -0.4 is 15.6 Å². The predicted molar refractivity (Wildman–Crippen MR) is 101 cm³/mol. The minimum atomic E-state index is -0.172. The Morgan fingerprint density at radius 1 is 1.42 bits per heavy atom. The SMILES string of the molecule is CCn1cnc2sc(C(=O)N[C@@H]3CCOc4ccccc43)c(C)c2c1=O. The minimum absolute atomic E-state index is 0.0956. The van der Waals surface area contributed by atoms with E-state index in [2.05, 4.69) is 10.3 Å². The van der Waals surface area contributed by atoms with Crippen LogP contribution in [0.15, 0.2) is 35.4 Å². The van der Waals surface area contributed by atoms with E-state index >= 15 is 0 Å². The van der Waals surface area contributed by atoms with Crippen LogP contribution in [0.5, 0.6) is 5.75 Å². The van der Waals surface area contributed by atoms with Gasteiger partial charge in [0.1, 0.15) is 10.6 Å². The van der Waals surface area contributed by atoms with Crippen molar-refractivity contribution >= 4 is 27.5 Å². The van der Waals surface area contributed by atoms with E-state index in [1.54, 1.807) is 4.57 Å². The fraction of sp³-hybridized carbons (Fsp3) is 0.316. The van der Waals surface area contributed by atoms with Crippen LogP contribution in [-0.2, 0) is 6.54 Å². The summed E-state index contributed by atoms with van der Waals surface area (Å²) < 4.78 is 7.21. The van der Waals surface area contributed by atoms with Crippen LogP contribution in [0.4, 0.5) is 0 Å². The summed E-state index contributed by atoms with van der Waals surface area (Å²) in [6, 6.07) is 7.64. The first-order chi connectivity index (χ1) is 12.6. The number of benzene rings is 1. The molecule has 3 heterocycles. The second kappa shape index (κ2) is 6.57. The molecule has 0 saturated carbocycles. The first-order valence-corrected chi connectivity index (χ1v) is 9.43. The van der Waals surface area contributed by atoms with Gasteiger partial charge in [0.2, 0.25) is 0 Å². The Labute approximate surface area is 154 Å². The van der Waals surface area contributed by atoms with Gasteiger partial charge in [0.05, 0.1) is 29.2 Å². The molecule has 0 unspecified atom stereocenters. The molecule has 1 N–H and O–H groups in total. The Balaban J connectivity index is 1.69. The summed E-state index contributed by atoms with van der Waals surface area (Å²) in [4.78, 5) is 30.9. The number of thiophene rings is 1. The van der Waals surface area contributed by atoms with Crippen LogP contribution in [0.2, 0.25) is 0 Å². The van der Waals surface area contributed by atoms with Gasteiger partial charge in [0, 0.05) is 18.5 Å². The Morgan fingerprint density at radius 2 is 2.23 bits per heavy atom. The largest absolute Gasteiger partial charge is 0.493 e. The van der Waals surface area contributed by atoms with E-state index in [0.29, 0.717) is 40.2 Å². The van der Waals surface area contributed by atoms with Crippen LogP contribution >= 0.6 is 11.3 Å². The number of fused-ring (bicyclic) bond motifs is 2. The van der Waals surface area contributed by atoms with Gasteiger partial charge in [-0.25, -0.2) is 4.98 Å². The molecule has 2 aromatic heterocycles. The number of amides is 1. The van der Waals surface area contributed by atoms with Crippen LogP contribution in [-0.4, -0.2) is 22.1 Å². The topological polar surface area (TPSA) is 73.2 Å². The number of nitrogens with one attached hydrogen (secondary N) is 1. The molecule has 1 aliphatic heterocycles. The Kier molecular flexibility index (Phi) is 4.24. The van der Waals surface area contributed by atoms with Gasteiger partial charge in [-0.15, -0.1) is 11.3 Å². The molecule has 7 heteroatoms. The number of carbonyl (C=O) groups excluding carboxylic acids is 1. The van der Waals surface area contributed by atoms with E-state index in [1.165, 1.54) is 17.7 Å². The van der Waals surface area contributed by atoms with Crippen molar-refractivity contribution in [2.45, 2.75) is 32.9 Å². The van der Waals surface area contributed by atoms with Crippen molar-refractivity contribution in [3.8, 4) is 5.75 Å². The average molecular weight is 369 g/mol. The van der Waals surface area contributed by atoms with E-state index in [0.717, 1.165) is 11.3 Å². The minimum Gasteiger partial charge on any atom is -0.493 e. The summed E-state index contributed by atoms with van der Waals surface area (Å²) in [6.45, 7) is 4.83. The molecule has 26 heavy (non-hydrogen) atoms. The Hall–Kier alpha value is -2.67. The van der Waals surface area contributed by atoms with E-state index in [1.807, 2.05) is 38.1 Å². The third kappa shape index (κ3) is 2.68. The van der Waals surface area contributed by atoms with Gasteiger partial charge >= 0.3 is 0 Å². The predicted octanol–water partition coefficient (Wildman–Crippen LogP) is 3.04. The van der Waals surface area contributed by atoms with Crippen molar-refractivity contribution in [2.24, 2.45) is 0 Å². The van der Waals surface area contributed by atoms with Gasteiger partial charge in [0.15, 0.2) is 0 Å². The van der Waals surface area contributed by atoms with Crippen molar-refractivity contribution in [3.63, 3.8) is 0 Å². The number of rotatable bonds is 3. The summed E-state index contributed by atoms with van der Waals surface area (Å²) in [6.07, 6.45) is 2.25. The third-order valence-corrected chi connectivity index (χ3v) is 5.93. The molecule has 1 atom stereocenters. The molecular formula is C19H19N3O3S. The number of aryl methyl sites for hydroxylation is 2. The summed E-state index contributed by atoms with van der Waals surface area (Å²) in [5.74, 6) is 0.638. The Bertz CT molecular complexity index is 1050. The molecule has 0 spiro atoms. The van der Waals surface area contributed by atoms with Gasteiger partial charge in [0.25, 0.3) is 11.5 Å². The second-order valence-corrected chi connectivity index (χ2v) is 7.27. The third-order valence-electron chi connectivity index (χ3n) is 4.73. The van der Waals surface area contributed by atoms with E-state index in [-0.39, 0.29) is 17.5 Å². The van der Waals surface area contributed by atoms with Crippen molar-refractivity contribution < 1.29 is 9.53 Å². The van der Waals surface area contributed by atoms with Gasteiger partial charge < -0.3 is 10.1 Å². The summed E-state index contributed by atoms with van der Waals surface area (Å²) in [5.41, 5.74) is 1.59. The maximum Gasteiger partial charge on any atom is 0.262 e. The summed E-state index contributed by atoms with van der Waals surface area (Å²) >= 11 is 1.27. The normalized spacial score (nSPS) is 16.2. The van der Waals surface area contributed by atoms with Gasteiger partial charge in [-0.2, -0.15) is 0 Å². The maximum atomic E-state index is 12.9. The van der Waals surface area contributed by atoms with Crippen molar-refractivity contribution in [2.75, 3.05) is 6.61 Å². The number of para-hydroxylation sites is 1. The van der Waals surface area contributed by atoms with Crippen LogP contribution in [0.3, 0.4) is 0 Å². The first kappa shape index (κ1) is 16.8. The molecule has 0 fully saturated rings. The summed E-state index contributed by atoms with van der Waals surface area (Å²) in [5, 5.41) is 3.63. The fourth-order valence-corrected chi connectivity index (χ4v) is 4.36. The zero-order chi connectivity index (χ0) is 18.3. The number of hydrogen-bond acceptors (Lipinski definition) is 5. The highest BCUT2D eigenvalue weighted by Gasteiger charge is 2.25. The molecule has 1 aromatic carbocycles. The van der Waals surface area contributed by atoms with Crippen molar-refractivity contribution in [3.05, 3.63) is 57.0 Å². The zero-order valence-electron chi connectivity index (χ0n) is 14.6. The van der Waals surface area contributed by atoms with Crippen LogP contribution in [0, 0.1) is 6.92 Å². The smallest absolute Gasteiger partial charge is 0.262 e. The number of hydrogen-bond donors (Lipinski definition) is 1. The number of aromatic nitrogens is 2. The lowest BCUT2D eigenvalue weighted by Crippen LogP contribution is -2.32. The molecular weight excluding hydrogens is 350 g/mol. The maximum absolute atomic E-state index is 12.9. The van der Waals surface area contributed by atoms with Gasteiger partial charge in [-0.1, -0.05) is 18.2 Å². The number of nitrogens with zero attached hydrogens (tertiary/aromatic N) is 2. The lowest BCUT2D eigenvalue weighted by Gasteiger charge is -2.26. The van der Waals surface area contributed by atoms with E-state index < -0.39 is 0 Å². The molecule has 3 aromatic rings. The standard InChI is InChI=1S/C19H19N3O3S/c1-3-22-10-20-18-15(19(22)24)11(2)16(26-18)17(23)21-13-8-9-25-14-7-5-4-6-12(13)14/h4-7,10,13H,3,8-9H2,1-2H3,(H,21,23)/t13-/m1/s1. The number of ether oxygens (including phenoxy) is 1. The van der Waals surface area contributed by atoms with Crippen molar-refractivity contribution in [1.82, 2.24) is 14.9 Å². The highest BCUT2D eigenvalue weighted by atomic mass is 32.1. The Morgan fingerprint density at radius 3 is 3.04 bits per heavy atom.